The number of para-hydroxylation sites is 1. The number of amides is 1. The number of aryl methyl sites for hydroxylation is 2. The number of methoxy groups -OCH3 is 2. The van der Waals surface area contributed by atoms with E-state index in [-0.39, 0.29) is 11.5 Å². The number of carbonyl (C=O) groups is 1. The molecular weight excluding hydrogens is 432 g/mol. The van der Waals surface area contributed by atoms with Crippen LogP contribution in [0.5, 0.6) is 11.5 Å². The van der Waals surface area contributed by atoms with Crippen LogP contribution >= 0.6 is 0 Å². The molecule has 176 valence electrons. The van der Waals surface area contributed by atoms with Crippen LogP contribution in [0.15, 0.2) is 59.5 Å². The molecule has 0 saturated heterocycles. The zero-order chi connectivity index (χ0) is 24.4. The van der Waals surface area contributed by atoms with Crippen molar-refractivity contribution in [3.05, 3.63) is 76.5 Å². The predicted octanol–water partition coefficient (Wildman–Crippen LogP) is 4.41. The summed E-state index contributed by atoms with van der Waals surface area (Å²) in [6.07, 6.45) is 2.22. The van der Waals surface area contributed by atoms with Crippen molar-refractivity contribution in [2.45, 2.75) is 33.2 Å². The average Bonchev–Trinajstić information content (AvgIpc) is 3.11. The molecule has 0 radical (unpaired) electrons. The van der Waals surface area contributed by atoms with Gasteiger partial charge in [-0.05, 0) is 44.5 Å². The summed E-state index contributed by atoms with van der Waals surface area (Å²) in [5.74, 6) is 0.928. The second kappa shape index (κ2) is 9.43. The minimum atomic E-state index is -0.534. The lowest BCUT2D eigenvalue weighted by atomic mass is 10.1. The first-order valence-corrected chi connectivity index (χ1v) is 11.1. The summed E-state index contributed by atoms with van der Waals surface area (Å²) in [5, 5.41) is 8.66. The molecule has 1 N–H and O–H groups in total. The summed E-state index contributed by atoms with van der Waals surface area (Å²) in [6, 6.07) is 14.0. The molecule has 0 fully saturated rings. The maximum Gasteiger partial charge on any atom is 0.281 e. The van der Waals surface area contributed by atoms with Crippen LogP contribution in [-0.4, -0.2) is 34.5 Å². The van der Waals surface area contributed by atoms with Gasteiger partial charge < -0.3 is 19.4 Å². The van der Waals surface area contributed by atoms with E-state index in [2.05, 4.69) is 10.4 Å². The minimum absolute atomic E-state index is 0.211. The minimum Gasteiger partial charge on any atom is -0.497 e. The Balaban J connectivity index is 1.78. The van der Waals surface area contributed by atoms with Crippen LogP contribution in [-0.2, 0) is 4.79 Å². The lowest BCUT2D eigenvalue weighted by molar-refractivity contribution is -0.119. The molecule has 0 unspecified atom stereocenters. The zero-order valence-corrected chi connectivity index (χ0v) is 20.0. The van der Waals surface area contributed by atoms with Crippen molar-refractivity contribution in [3.63, 3.8) is 0 Å². The van der Waals surface area contributed by atoms with Crippen molar-refractivity contribution < 1.29 is 14.3 Å². The van der Waals surface area contributed by atoms with Gasteiger partial charge in [-0.2, -0.15) is 9.78 Å². The number of anilines is 1. The Morgan fingerprint density at radius 1 is 1.06 bits per heavy atom. The molecule has 4 rings (SSSR count). The molecule has 0 saturated carbocycles. The fourth-order valence-corrected chi connectivity index (χ4v) is 4.41. The van der Waals surface area contributed by atoms with Gasteiger partial charge in [0.2, 0.25) is 5.91 Å². The smallest absolute Gasteiger partial charge is 0.281 e. The van der Waals surface area contributed by atoms with Crippen LogP contribution in [0, 0.1) is 13.8 Å². The number of carbonyl (C=O) groups excluding carboxylic acids is 1. The summed E-state index contributed by atoms with van der Waals surface area (Å²) >= 11 is 0. The summed E-state index contributed by atoms with van der Waals surface area (Å²) < 4.78 is 14.0. The molecular formula is C26H28N4O4. The van der Waals surface area contributed by atoms with Crippen LogP contribution in [0.3, 0.4) is 0 Å². The topological polar surface area (TPSA) is 87.4 Å². The van der Waals surface area contributed by atoms with Gasteiger partial charge in [-0.3, -0.25) is 9.59 Å². The van der Waals surface area contributed by atoms with Crippen LogP contribution < -0.4 is 20.3 Å². The molecule has 2 aromatic carbocycles. The lowest BCUT2D eigenvalue weighted by Crippen LogP contribution is -2.27. The monoisotopic (exact) mass is 460 g/mol. The largest absolute Gasteiger partial charge is 0.497 e. The number of fused-ring (bicyclic) bond motifs is 1. The van der Waals surface area contributed by atoms with Gasteiger partial charge in [-0.15, -0.1) is 0 Å². The Kier molecular flexibility index (Phi) is 6.40. The molecule has 0 bridgehead atoms. The first-order valence-electron chi connectivity index (χ1n) is 11.1. The van der Waals surface area contributed by atoms with Gasteiger partial charge in [0.25, 0.3) is 5.56 Å². The third-order valence-corrected chi connectivity index (χ3v) is 6.12. The molecule has 34 heavy (non-hydrogen) atoms. The summed E-state index contributed by atoms with van der Waals surface area (Å²) in [4.78, 5) is 26.8. The first kappa shape index (κ1) is 23.1. The van der Waals surface area contributed by atoms with Gasteiger partial charge in [0.05, 0.1) is 37.2 Å². The highest BCUT2D eigenvalue weighted by atomic mass is 16.5. The van der Waals surface area contributed by atoms with E-state index in [9.17, 15) is 9.59 Å². The van der Waals surface area contributed by atoms with Crippen molar-refractivity contribution in [1.29, 1.82) is 0 Å². The van der Waals surface area contributed by atoms with Crippen LogP contribution in [0.25, 0.3) is 16.5 Å². The van der Waals surface area contributed by atoms with Crippen LogP contribution in [0.1, 0.15) is 30.8 Å². The maximum absolute atomic E-state index is 13.4. The Hall–Kier alpha value is -4.07. The maximum atomic E-state index is 13.4. The molecule has 0 aliphatic heterocycles. The Bertz CT molecular complexity index is 1410. The third-order valence-electron chi connectivity index (χ3n) is 6.12. The molecule has 8 nitrogen and oxygen atoms in total. The fraction of sp³-hybridized carbons (Fsp3) is 0.269. The van der Waals surface area contributed by atoms with E-state index in [0.29, 0.717) is 34.7 Å². The second-order valence-corrected chi connectivity index (χ2v) is 8.01. The number of aromatic nitrogens is 3. The highest BCUT2D eigenvalue weighted by molar-refractivity contribution is 5.96. The third kappa shape index (κ3) is 3.91. The van der Waals surface area contributed by atoms with Crippen molar-refractivity contribution in [1.82, 2.24) is 14.3 Å². The molecule has 8 heteroatoms. The number of hydrogen-bond acceptors (Lipinski definition) is 5. The number of ether oxygens (including phenoxy) is 2. The number of benzene rings is 2. The van der Waals surface area contributed by atoms with Crippen LogP contribution in [0.2, 0.25) is 0 Å². The molecule has 2 aromatic heterocycles. The van der Waals surface area contributed by atoms with Gasteiger partial charge >= 0.3 is 0 Å². The lowest BCUT2D eigenvalue weighted by Gasteiger charge is -2.21. The van der Waals surface area contributed by atoms with Crippen LogP contribution in [0.4, 0.5) is 5.69 Å². The van der Waals surface area contributed by atoms with Gasteiger partial charge in [0, 0.05) is 22.8 Å². The van der Waals surface area contributed by atoms with E-state index >= 15 is 0 Å². The molecule has 1 atom stereocenters. The van der Waals surface area contributed by atoms with Gasteiger partial charge in [0.15, 0.2) is 0 Å². The normalized spacial score (nSPS) is 11.9. The fourth-order valence-electron chi connectivity index (χ4n) is 4.41. The van der Waals surface area contributed by atoms with Crippen molar-refractivity contribution in [2.24, 2.45) is 0 Å². The highest BCUT2D eigenvalue weighted by Gasteiger charge is 2.26. The average molecular weight is 461 g/mol. The van der Waals surface area contributed by atoms with E-state index in [1.165, 1.54) is 4.68 Å². The molecule has 1 amide bonds. The molecule has 0 aliphatic rings. The number of hydrogen-bond donors (Lipinski definition) is 1. The zero-order valence-electron chi connectivity index (χ0n) is 20.0. The number of nitrogens with zero attached hydrogens (tertiary/aromatic N) is 3. The highest BCUT2D eigenvalue weighted by Crippen LogP contribution is 2.32. The Morgan fingerprint density at radius 2 is 1.79 bits per heavy atom. The molecule has 2 heterocycles. The van der Waals surface area contributed by atoms with E-state index in [4.69, 9.17) is 9.47 Å². The molecule has 0 spiro atoms. The predicted molar refractivity (Wildman–Crippen MR) is 132 cm³/mol. The molecule has 4 aromatic rings. The first-order chi connectivity index (χ1) is 16.4. The number of nitrogens with one attached hydrogen (secondary N) is 1. The van der Waals surface area contributed by atoms with E-state index < -0.39 is 6.04 Å². The summed E-state index contributed by atoms with van der Waals surface area (Å²) in [6.45, 7) is 5.72. The quantitative estimate of drug-likeness (QED) is 0.441. The summed E-state index contributed by atoms with van der Waals surface area (Å²) in [7, 11) is 3.11. The van der Waals surface area contributed by atoms with E-state index in [1.54, 1.807) is 38.6 Å². The SMILES string of the molecule is CC[C@H](C(=O)Nc1cc(OC)ccc1OC)n1c(C)c2cnn(-c3ccccc3)c(=O)c2c1C. The Labute approximate surface area is 197 Å². The van der Waals surface area contributed by atoms with Gasteiger partial charge in [-0.1, -0.05) is 25.1 Å². The summed E-state index contributed by atoms with van der Waals surface area (Å²) in [5.41, 5.74) is 2.54. The van der Waals surface area contributed by atoms with E-state index in [0.717, 1.165) is 16.8 Å². The standard InChI is InChI=1S/C26H28N4O4/c1-6-22(25(31)28-21-14-19(33-4)12-13-23(21)34-5)29-16(2)20-15-27-30(18-10-8-7-9-11-18)26(32)24(20)17(29)3/h7-15,22H,6H2,1-5H3,(H,28,31)/t22-/m1/s1. The molecule has 0 aliphatic carbocycles. The van der Waals surface area contributed by atoms with E-state index in [1.807, 2.05) is 55.7 Å². The van der Waals surface area contributed by atoms with Gasteiger partial charge in [0.1, 0.15) is 17.5 Å². The van der Waals surface area contributed by atoms with Crippen molar-refractivity contribution in [3.8, 4) is 17.2 Å². The Morgan fingerprint density at radius 3 is 2.44 bits per heavy atom. The second-order valence-electron chi connectivity index (χ2n) is 8.01. The van der Waals surface area contributed by atoms with Gasteiger partial charge in [-0.25, -0.2) is 0 Å². The number of rotatable bonds is 7. The van der Waals surface area contributed by atoms with Crippen molar-refractivity contribution in [2.75, 3.05) is 19.5 Å². The van der Waals surface area contributed by atoms with Crippen molar-refractivity contribution >= 4 is 22.4 Å².